The van der Waals surface area contributed by atoms with Gasteiger partial charge < -0.3 is 14.2 Å². The van der Waals surface area contributed by atoms with E-state index in [0.717, 1.165) is 12.8 Å². The van der Waals surface area contributed by atoms with Crippen LogP contribution in [0, 0.1) is 6.92 Å². The molecular formula is C21H28O6. The highest BCUT2D eigenvalue weighted by Gasteiger charge is 2.27. The van der Waals surface area contributed by atoms with E-state index in [-0.39, 0.29) is 17.4 Å². The van der Waals surface area contributed by atoms with Gasteiger partial charge >= 0.3 is 17.9 Å². The van der Waals surface area contributed by atoms with E-state index in [1.807, 2.05) is 20.8 Å². The zero-order chi connectivity index (χ0) is 20.7. The topological polar surface area (TPSA) is 78.9 Å². The molecule has 6 nitrogen and oxygen atoms in total. The Hall–Kier alpha value is -2.63. The molecule has 0 N–H and O–H groups in total. The molecule has 27 heavy (non-hydrogen) atoms. The Labute approximate surface area is 160 Å². The highest BCUT2D eigenvalue weighted by Crippen LogP contribution is 2.46. The Morgan fingerprint density at radius 3 is 1.93 bits per heavy atom. The lowest BCUT2D eigenvalue weighted by atomic mass is 9.92. The number of hydrogen-bond acceptors (Lipinski definition) is 6. The molecule has 0 saturated heterocycles. The number of carbonyl (C=O) groups is 3. The second kappa shape index (κ2) is 9.90. The minimum absolute atomic E-state index is 0.112. The molecule has 0 radical (unpaired) electrons. The van der Waals surface area contributed by atoms with Crippen LogP contribution >= 0.6 is 0 Å². The average molecular weight is 376 g/mol. The Morgan fingerprint density at radius 2 is 1.44 bits per heavy atom. The summed E-state index contributed by atoms with van der Waals surface area (Å²) in [6, 6.07) is 1.62. The maximum absolute atomic E-state index is 11.7. The van der Waals surface area contributed by atoms with E-state index in [0.29, 0.717) is 16.9 Å². The summed E-state index contributed by atoms with van der Waals surface area (Å²) >= 11 is 0. The molecule has 148 valence electrons. The fraction of sp³-hybridized carbons (Fsp3) is 0.476. The summed E-state index contributed by atoms with van der Waals surface area (Å²) in [5, 5.41) is 0. The van der Waals surface area contributed by atoms with Crippen molar-refractivity contribution < 1.29 is 28.6 Å². The first-order valence-corrected chi connectivity index (χ1v) is 8.89. The van der Waals surface area contributed by atoms with Gasteiger partial charge in [-0.25, -0.2) is 0 Å². The van der Waals surface area contributed by atoms with E-state index in [1.165, 1.54) is 26.3 Å². The van der Waals surface area contributed by atoms with Crippen LogP contribution in [0.5, 0.6) is 17.2 Å². The van der Waals surface area contributed by atoms with Crippen LogP contribution in [0.4, 0.5) is 0 Å². The largest absolute Gasteiger partial charge is 0.426 e. The third-order valence-corrected chi connectivity index (χ3v) is 3.81. The van der Waals surface area contributed by atoms with Crippen LogP contribution < -0.4 is 14.2 Å². The van der Waals surface area contributed by atoms with E-state index in [4.69, 9.17) is 14.2 Å². The lowest BCUT2D eigenvalue weighted by Crippen LogP contribution is -2.14. The molecule has 0 fully saturated rings. The highest BCUT2D eigenvalue weighted by molar-refractivity contribution is 5.78. The van der Waals surface area contributed by atoms with Gasteiger partial charge in [-0.1, -0.05) is 18.6 Å². The Kier molecular flexibility index (Phi) is 8.22. The summed E-state index contributed by atoms with van der Waals surface area (Å²) in [7, 11) is 0. The summed E-state index contributed by atoms with van der Waals surface area (Å²) in [5.41, 5.74) is 2.26. The van der Waals surface area contributed by atoms with Gasteiger partial charge in [0.1, 0.15) is 5.75 Å². The molecule has 0 aliphatic carbocycles. The third-order valence-electron chi connectivity index (χ3n) is 3.81. The molecule has 0 aliphatic rings. The molecule has 1 aromatic carbocycles. The number of hydrogen-bond donors (Lipinski definition) is 0. The lowest BCUT2D eigenvalue weighted by molar-refractivity contribution is -0.134. The number of ether oxygens (including phenoxy) is 3. The molecule has 0 aromatic heterocycles. The molecular weight excluding hydrogens is 348 g/mol. The predicted molar refractivity (Wildman–Crippen MR) is 102 cm³/mol. The fourth-order valence-electron chi connectivity index (χ4n) is 2.74. The standard InChI is InChI=1S/C21H28O6/c1-12(2)9-8-10-13(3)19-18(25-15(5)22)11-14(4)20(26-16(6)23)21(19)27-17(7)24/h9,11,13H,8,10H2,1-7H3/t13-/m1/s1. The Balaban J connectivity index is 3.58. The number of carbonyl (C=O) groups excluding carboxylic acids is 3. The normalized spacial score (nSPS) is 11.4. The minimum atomic E-state index is -0.555. The molecule has 1 rings (SSSR count). The van der Waals surface area contributed by atoms with E-state index in [1.54, 1.807) is 13.0 Å². The van der Waals surface area contributed by atoms with Crippen molar-refractivity contribution in [3.63, 3.8) is 0 Å². The molecule has 0 saturated carbocycles. The number of aryl methyl sites for hydroxylation is 1. The number of benzene rings is 1. The summed E-state index contributed by atoms with van der Waals surface area (Å²) in [4.78, 5) is 34.8. The molecule has 0 amide bonds. The van der Waals surface area contributed by atoms with Crippen LogP contribution in [0.3, 0.4) is 0 Å². The van der Waals surface area contributed by atoms with Crippen LogP contribution in [-0.2, 0) is 14.4 Å². The van der Waals surface area contributed by atoms with Gasteiger partial charge in [0.25, 0.3) is 0 Å². The van der Waals surface area contributed by atoms with Gasteiger partial charge in [-0.2, -0.15) is 0 Å². The second-order valence-electron chi connectivity index (χ2n) is 6.80. The number of rotatable bonds is 7. The van der Waals surface area contributed by atoms with E-state index in [2.05, 4.69) is 6.08 Å². The van der Waals surface area contributed by atoms with E-state index >= 15 is 0 Å². The van der Waals surface area contributed by atoms with Crippen molar-refractivity contribution in [3.05, 3.63) is 28.8 Å². The smallest absolute Gasteiger partial charge is 0.308 e. The maximum Gasteiger partial charge on any atom is 0.308 e. The van der Waals surface area contributed by atoms with Crippen LogP contribution in [0.2, 0.25) is 0 Å². The van der Waals surface area contributed by atoms with Crippen LogP contribution in [0.25, 0.3) is 0 Å². The van der Waals surface area contributed by atoms with Crippen LogP contribution in [0.1, 0.15) is 71.4 Å². The van der Waals surface area contributed by atoms with Crippen molar-refractivity contribution in [2.75, 3.05) is 0 Å². The first kappa shape index (κ1) is 22.4. The van der Waals surface area contributed by atoms with Crippen LogP contribution in [-0.4, -0.2) is 17.9 Å². The van der Waals surface area contributed by atoms with E-state index in [9.17, 15) is 14.4 Å². The van der Waals surface area contributed by atoms with Crippen molar-refractivity contribution >= 4 is 17.9 Å². The summed E-state index contributed by atoms with van der Waals surface area (Å²) in [6.45, 7) is 11.5. The molecule has 0 spiro atoms. The SMILES string of the molecule is CC(=O)Oc1cc(C)c(OC(C)=O)c(OC(C)=O)c1[C@H](C)CCC=C(C)C. The maximum atomic E-state index is 11.7. The lowest BCUT2D eigenvalue weighted by Gasteiger charge is -2.22. The molecule has 0 heterocycles. The Morgan fingerprint density at radius 1 is 0.926 bits per heavy atom. The highest BCUT2D eigenvalue weighted by atomic mass is 16.6. The molecule has 0 unspecified atom stereocenters. The predicted octanol–water partition coefficient (Wildman–Crippen LogP) is 4.62. The van der Waals surface area contributed by atoms with Gasteiger partial charge in [0.2, 0.25) is 0 Å². The molecule has 0 aliphatic heterocycles. The number of esters is 3. The molecule has 6 heteroatoms. The second-order valence-corrected chi connectivity index (χ2v) is 6.80. The van der Waals surface area contributed by atoms with Gasteiger partial charge in [-0.15, -0.1) is 0 Å². The molecule has 1 aromatic rings. The van der Waals surface area contributed by atoms with Gasteiger partial charge in [-0.05, 0) is 51.2 Å². The van der Waals surface area contributed by atoms with Gasteiger partial charge in [0.05, 0.1) is 0 Å². The molecule has 1 atom stereocenters. The first-order valence-electron chi connectivity index (χ1n) is 8.89. The van der Waals surface area contributed by atoms with Gasteiger partial charge in [-0.3, -0.25) is 14.4 Å². The zero-order valence-electron chi connectivity index (χ0n) is 17.1. The van der Waals surface area contributed by atoms with Gasteiger partial charge in [0.15, 0.2) is 11.5 Å². The van der Waals surface area contributed by atoms with Crippen molar-refractivity contribution in [1.29, 1.82) is 0 Å². The first-order chi connectivity index (χ1) is 12.5. The van der Waals surface area contributed by atoms with Crippen molar-refractivity contribution in [3.8, 4) is 17.2 Å². The number of allylic oxidation sites excluding steroid dienone is 2. The zero-order valence-corrected chi connectivity index (χ0v) is 17.1. The minimum Gasteiger partial charge on any atom is -0.426 e. The van der Waals surface area contributed by atoms with Gasteiger partial charge in [0, 0.05) is 26.3 Å². The fourth-order valence-corrected chi connectivity index (χ4v) is 2.74. The quantitative estimate of drug-likeness (QED) is 0.392. The summed E-state index contributed by atoms with van der Waals surface area (Å²) in [5.74, 6) is -1.09. The third kappa shape index (κ3) is 6.89. The molecule has 0 bridgehead atoms. The average Bonchev–Trinajstić information content (AvgIpc) is 2.49. The Bertz CT molecular complexity index is 756. The van der Waals surface area contributed by atoms with Crippen molar-refractivity contribution in [2.45, 2.75) is 67.2 Å². The summed E-state index contributed by atoms with van der Waals surface area (Å²) in [6.07, 6.45) is 3.64. The summed E-state index contributed by atoms with van der Waals surface area (Å²) < 4.78 is 16.1. The van der Waals surface area contributed by atoms with E-state index < -0.39 is 17.9 Å². The van der Waals surface area contributed by atoms with Crippen LogP contribution in [0.15, 0.2) is 17.7 Å². The monoisotopic (exact) mass is 376 g/mol. The van der Waals surface area contributed by atoms with Crippen molar-refractivity contribution in [2.24, 2.45) is 0 Å². The van der Waals surface area contributed by atoms with Crippen molar-refractivity contribution in [1.82, 2.24) is 0 Å².